The first-order valence-corrected chi connectivity index (χ1v) is 9.20. The van der Waals surface area contributed by atoms with Gasteiger partial charge in [-0.2, -0.15) is 5.10 Å². The molecule has 3 heterocycles. The van der Waals surface area contributed by atoms with Crippen molar-refractivity contribution in [1.82, 2.24) is 20.1 Å². The minimum Gasteiger partial charge on any atom is -0.339 e. The topological polar surface area (TPSA) is 81.8 Å². The molecule has 1 saturated heterocycles. The van der Waals surface area contributed by atoms with Crippen LogP contribution in [0, 0.1) is 6.92 Å². The van der Waals surface area contributed by atoms with Gasteiger partial charge in [0, 0.05) is 42.5 Å². The molecule has 1 aromatic carbocycles. The quantitative estimate of drug-likeness (QED) is 0.751. The van der Waals surface area contributed by atoms with Crippen LogP contribution < -0.4 is 5.56 Å². The molecule has 0 bridgehead atoms. The zero-order valence-corrected chi connectivity index (χ0v) is 15.2. The average Bonchev–Trinajstić information content (AvgIpc) is 3.18. The summed E-state index contributed by atoms with van der Waals surface area (Å²) in [6, 6.07) is 11.4. The van der Waals surface area contributed by atoms with Crippen LogP contribution in [0.5, 0.6) is 0 Å². The normalized spacial score (nSPS) is 15.1. The molecule has 138 valence electrons. The molecule has 3 aromatic rings. The Morgan fingerprint density at radius 1 is 1.19 bits per heavy atom. The fraction of sp³-hybridized carbons (Fsp3) is 0.286. The Kier molecular flexibility index (Phi) is 4.62. The zero-order valence-electron chi connectivity index (χ0n) is 15.2. The first-order chi connectivity index (χ1) is 13.1. The van der Waals surface area contributed by atoms with Crippen molar-refractivity contribution in [3.8, 4) is 11.1 Å². The second-order valence-corrected chi connectivity index (χ2v) is 7.07. The fourth-order valence-corrected chi connectivity index (χ4v) is 3.75. The average molecular weight is 362 g/mol. The number of aryl methyl sites for hydroxylation is 1. The summed E-state index contributed by atoms with van der Waals surface area (Å²) in [7, 11) is 0. The Balaban J connectivity index is 1.47. The number of hydrogen-bond acceptors (Lipinski definition) is 3. The minimum atomic E-state index is -0.201. The third kappa shape index (κ3) is 3.56. The van der Waals surface area contributed by atoms with Crippen molar-refractivity contribution in [3.05, 3.63) is 76.0 Å². The highest BCUT2D eigenvalue weighted by Gasteiger charge is 2.27. The lowest BCUT2D eigenvalue weighted by Gasteiger charge is -2.32. The smallest absolute Gasteiger partial charge is 0.255 e. The van der Waals surface area contributed by atoms with Crippen LogP contribution in [0.1, 0.15) is 40.4 Å². The van der Waals surface area contributed by atoms with Gasteiger partial charge < -0.3 is 9.88 Å². The Hall–Kier alpha value is -3.15. The number of rotatable bonds is 3. The number of aromatic amines is 2. The number of pyridine rings is 1. The van der Waals surface area contributed by atoms with Crippen molar-refractivity contribution in [1.29, 1.82) is 0 Å². The number of aromatic nitrogens is 3. The van der Waals surface area contributed by atoms with E-state index in [1.807, 2.05) is 11.1 Å². The number of carbonyl (C=O) groups excluding carboxylic acids is 1. The van der Waals surface area contributed by atoms with Crippen molar-refractivity contribution in [2.75, 3.05) is 13.1 Å². The van der Waals surface area contributed by atoms with Gasteiger partial charge in [0.25, 0.3) is 5.91 Å². The number of hydrogen-bond donors (Lipinski definition) is 2. The summed E-state index contributed by atoms with van der Waals surface area (Å²) < 4.78 is 0. The van der Waals surface area contributed by atoms with Gasteiger partial charge in [-0.1, -0.05) is 29.8 Å². The number of H-pyrrole nitrogens is 2. The molecule has 27 heavy (non-hydrogen) atoms. The van der Waals surface area contributed by atoms with Gasteiger partial charge in [-0.05, 0) is 31.4 Å². The first kappa shape index (κ1) is 17.3. The molecule has 0 atom stereocenters. The Labute approximate surface area is 157 Å². The van der Waals surface area contributed by atoms with E-state index in [0.717, 1.165) is 24.1 Å². The molecule has 0 spiro atoms. The van der Waals surface area contributed by atoms with Crippen molar-refractivity contribution < 1.29 is 4.79 Å². The maximum absolute atomic E-state index is 12.6. The van der Waals surface area contributed by atoms with E-state index in [9.17, 15) is 9.59 Å². The molecule has 0 aliphatic carbocycles. The maximum atomic E-state index is 12.6. The van der Waals surface area contributed by atoms with E-state index in [1.165, 1.54) is 23.4 Å². The highest BCUT2D eigenvalue weighted by atomic mass is 16.2. The molecule has 1 aliphatic rings. The predicted molar refractivity (Wildman–Crippen MR) is 104 cm³/mol. The van der Waals surface area contributed by atoms with E-state index in [4.69, 9.17) is 0 Å². The molecular formula is C21H22N4O2. The van der Waals surface area contributed by atoms with Crippen LogP contribution in [0.15, 0.2) is 53.6 Å². The second-order valence-electron chi connectivity index (χ2n) is 7.07. The lowest BCUT2D eigenvalue weighted by atomic mass is 9.89. The van der Waals surface area contributed by atoms with Gasteiger partial charge in [0.1, 0.15) is 0 Å². The number of piperidine rings is 1. The van der Waals surface area contributed by atoms with Crippen molar-refractivity contribution in [2.45, 2.75) is 25.7 Å². The molecule has 6 nitrogen and oxygen atoms in total. The van der Waals surface area contributed by atoms with Gasteiger partial charge >= 0.3 is 0 Å². The van der Waals surface area contributed by atoms with Crippen LogP contribution in [0.2, 0.25) is 0 Å². The van der Waals surface area contributed by atoms with Gasteiger partial charge in [0.15, 0.2) is 0 Å². The highest BCUT2D eigenvalue weighted by molar-refractivity contribution is 5.93. The van der Waals surface area contributed by atoms with Crippen LogP contribution in [0.25, 0.3) is 11.1 Å². The van der Waals surface area contributed by atoms with Crippen LogP contribution in [0.4, 0.5) is 0 Å². The molecule has 1 aliphatic heterocycles. The second kappa shape index (κ2) is 7.23. The largest absolute Gasteiger partial charge is 0.339 e. The van der Waals surface area contributed by atoms with E-state index >= 15 is 0 Å². The van der Waals surface area contributed by atoms with Gasteiger partial charge in [-0.25, -0.2) is 0 Å². The predicted octanol–water partition coefficient (Wildman–Crippen LogP) is 3.09. The summed E-state index contributed by atoms with van der Waals surface area (Å²) in [6.07, 6.45) is 5.15. The van der Waals surface area contributed by atoms with E-state index < -0.39 is 0 Å². The van der Waals surface area contributed by atoms with Crippen molar-refractivity contribution in [2.24, 2.45) is 0 Å². The molecule has 0 saturated carbocycles. The SMILES string of the molecule is Cc1cccc(-c2cn[nH]c2C2CCN(C(=O)c3ccc(=O)[nH]c3)CC2)c1. The third-order valence-electron chi connectivity index (χ3n) is 5.22. The molecular weight excluding hydrogens is 340 g/mol. The lowest BCUT2D eigenvalue weighted by molar-refractivity contribution is 0.0711. The van der Waals surface area contributed by atoms with E-state index in [1.54, 1.807) is 6.07 Å². The summed E-state index contributed by atoms with van der Waals surface area (Å²) in [4.78, 5) is 28.2. The number of likely N-dealkylation sites (tertiary alicyclic amines) is 1. The number of amides is 1. The summed E-state index contributed by atoms with van der Waals surface area (Å²) >= 11 is 0. The molecule has 0 unspecified atom stereocenters. The summed E-state index contributed by atoms with van der Waals surface area (Å²) in [5.74, 6) is 0.316. The fourth-order valence-electron chi connectivity index (χ4n) is 3.75. The third-order valence-corrected chi connectivity index (χ3v) is 5.22. The van der Waals surface area contributed by atoms with Gasteiger partial charge in [-0.3, -0.25) is 14.7 Å². The molecule has 1 amide bonds. The van der Waals surface area contributed by atoms with E-state index in [2.05, 4.69) is 46.4 Å². The standard InChI is InChI=1S/C21H22N4O2/c1-14-3-2-4-16(11-14)18-13-23-24-20(18)15-7-9-25(10-8-15)21(27)17-5-6-19(26)22-12-17/h2-6,11-13,15H,7-10H2,1H3,(H,22,26)(H,23,24). The first-order valence-electron chi connectivity index (χ1n) is 9.20. The molecule has 4 rings (SSSR count). The summed E-state index contributed by atoms with van der Waals surface area (Å²) in [5.41, 5.74) is 5.01. The van der Waals surface area contributed by atoms with E-state index in [0.29, 0.717) is 24.6 Å². The highest BCUT2D eigenvalue weighted by Crippen LogP contribution is 2.34. The monoisotopic (exact) mass is 362 g/mol. The molecule has 2 aromatic heterocycles. The van der Waals surface area contributed by atoms with Crippen LogP contribution in [-0.2, 0) is 0 Å². The minimum absolute atomic E-state index is 0.0341. The van der Waals surface area contributed by atoms with E-state index in [-0.39, 0.29) is 11.5 Å². The number of nitrogens with one attached hydrogen (secondary N) is 2. The molecule has 2 N–H and O–H groups in total. The molecule has 6 heteroatoms. The Morgan fingerprint density at radius 3 is 2.70 bits per heavy atom. The van der Waals surface area contributed by atoms with Gasteiger partial charge in [-0.15, -0.1) is 0 Å². The van der Waals surface area contributed by atoms with Crippen LogP contribution in [0.3, 0.4) is 0 Å². The molecule has 0 radical (unpaired) electrons. The maximum Gasteiger partial charge on any atom is 0.255 e. The van der Waals surface area contributed by atoms with Crippen LogP contribution >= 0.6 is 0 Å². The Bertz CT molecular complexity index is 992. The van der Waals surface area contributed by atoms with Crippen molar-refractivity contribution in [3.63, 3.8) is 0 Å². The van der Waals surface area contributed by atoms with Gasteiger partial charge in [0.2, 0.25) is 5.56 Å². The number of benzene rings is 1. The van der Waals surface area contributed by atoms with Crippen molar-refractivity contribution >= 4 is 5.91 Å². The summed E-state index contributed by atoms with van der Waals surface area (Å²) in [5, 5.41) is 7.46. The van der Waals surface area contributed by atoms with Gasteiger partial charge in [0.05, 0.1) is 11.8 Å². The Morgan fingerprint density at radius 2 is 2.00 bits per heavy atom. The number of carbonyl (C=O) groups is 1. The number of nitrogens with zero attached hydrogens (tertiary/aromatic N) is 2. The lowest BCUT2D eigenvalue weighted by Crippen LogP contribution is -2.38. The van der Waals surface area contributed by atoms with Crippen LogP contribution in [-0.4, -0.2) is 39.1 Å². The zero-order chi connectivity index (χ0) is 18.8. The molecule has 1 fully saturated rings. The summed E-state index contributed by atoms with van der Waals surface area (Å²) in [6.45, 7) is 3.47.